The molecule has 0 aromatic heterocycles. The van der Waals surface area contributed by atoms with Crippen LogP contribution in [0.15, 0.2) is 48.5 Å². The van der Waals surface area contributed by atoms with Gasteiger partial charge in [-0.25, -0.2) is 0 Å². The molecule has 0 N–H and O–H groups in total. The Morgan fingerprint density at radius 2 is 1.70 bits per heavy atom. The highest BCUT2D eigenvalue weighted by Gasteiger charge is 2.44. The fourth-order valence-corrected chi connectivity index (χ4v) is 5.03. The number of nitrogens with zero attached hydrogens (tertiary/aromatic N) is 2. The lowest BCUT2D eigenvalue weighted by atomic mass is 9.78. The Hall–Kier alpha value is -2.82. The Bertz CT molecular complexity index is 918. The van der Waals surface area contributed by atoms with Crippen molar-refractivity contribution in [3.8, 4) is 5.75 Å². The molecule has 5 nitrogen and oxygen atoms in total. The molecule has 2 aromatic carbocycles. The van der Waals surface area contributed by atoms with Gasteiger partial charge in [-0.2, -0.15) is 0 Å². The van der Waals surface area contributed by atoms with Crippen molar-refractivity contribution in [2.24, 2.45) is 0 Å². The third kappa shape index (κ3) is 3.57. The van der Waals surface area contributed by atoms with Crippen molar-refractivity contribution in [2.75, 3.05) is 21.2 Å². The summed E-state index contributed by atoms with van der Waals surface area (Å²) in [5.41, 5.74) is 2.39. The summed E-state index contributed by atoms with van der Waals surface area (Å²) in [5, 5.41) is 0. The molecule has 30 heavy (non-hydrogen) atoms. The minimum absolute atomic E-state index is 0.0456. The Morgan fingerprint density at radius 3 is 2.37 bits per heavy atom. The Kier molecular flexibility index (Phi) is 5.80. The average molecular weight is 407 g/mol. The zero-order valence-corrected chi connectivity index (χ0v) is 18.0. The summed E-state index contributed by atoms with van der Waals surface area (Å²) in [6.45, 7) is 0. The van der Waals surface area contributed by atoms with Gasteiger partial charge in [0.05, 0.1) is 19.1 Å². The van der Waals surface area contributed by atoms with Gasteiger partial charge < -0.3 is 14.5 Å². The summed E-state index contributed by atoms with van der Waals surface area (Å²) in [6, 6.07) is 15.2. The lowest BCUT2D eigenvalue weighted by molar-refractivity contribution is -0.135. The lowest BCUT2D eigenvalue weighted by Gasteiger charge is -2.42. The molecular weight excluding hydrogens is 376 g/mol. The van der Waals surface area contributed by atoms with Gasteiger partial charge in [-0.05, 0) is 42.2 Å². The molecule has 1 saturated carbocycles. The Morgan fingerprint density at radius 1 is 1.03 bits per heavy atom. The molecule has 1 heterocycles. The molecule has 1 fully saturated rings. The van der Waals surface area contributed by atoms with Crippen molar-refractivity contribution in [1.29, 1.82) is 0 Å². The number of benzene rings is 2. The van der Waals surface area contributed by atoms with Crippen LogP contribution in [0.2, 0.25) is 0 Å². The van der Waals surface area contributed by atoms with Crippen LogP contribution in [0.1, 0.15) is 65.5 Å². The van der Waals surface area contributed by atoms with E-state index in [-0.39, 0.29) is 23.9 Å². The molecule has 2 atom stereocenters. The second-order valence-electron chi connectivity index (χ2n) is 8.44. The van der Waals surface area contributed by atoms with Gasteiger partial charge >= 0.3 is 0 Å². The van der Waals surface area contributed by atoms with Gasteiger partial charge in [-0.1, -0.05) is 49.6 Å². The average Bonchev–Trinajstić information content (AvgIpc) is 2.81. The van der Waals surface area contributed by atoms with Crippen molar-refractivity contribution in [3.05, 3.63) is 65.2 Å². The number of amides is 2. The maximum absolute atomic E-state index is 13.9. The van der Waals surface area contributed by atoms with Gasteiger partial charge in [0.2, 0.25) is 5.91 Å². The van der Waals surface area contributed by atoms with Gasteiger partial charge in [0.1, 0.15) is 5.75 Å². The van der Waals surface area contributed by atoms with Gasteiger partial charge in [-0.3, -0.25) is 9.59 Å². The van der Waals surface area contributed by atoms with E-state index in [1.807, 2.05) is 60.5 Å². The monoisotopic (exact) mass is 406 g/mol. The fourth-order valence-electron chi connectivity index (χ4n) is 5.03. The number of methoxy groups -OCH3 is 1. The van der Waals surface area contributed by atoms with Crippen molar-refractivity contribution >= 4 is 11.8 Å². The number of carbonyl (C=O) groups excluding carboxylic acids is 2. The number of rotatable bonds is 4. The first-order valence-electron chi connectivity index (χ1n) is 10.8. The number of fused-ring (bicyclic) bond motifs is 1. The summed E-state index contributed by atoms with van der Waals surface area (Å²) >= 11 is 0. The van der Waals surface area contributed by atoms with Crippen molar-refractivity contribution in [1.82, 2.24) is 9.80 Å². The van der Waals surface area contributed by atoms with Crippen LogP contribution >= 0.6 is 0 Å². The first-order chi connectivity index (χ1) is 14.5. The lowest BCUT2D eigenvalue weighted by Crippen LogP contribution is -2.48. The largest absolute Gasteiger partial charge is 0.497 e. The van der Waals surface area contributed by atoms with E-state index < -0.39 is 5.92 Å². The molecule has 0 spiro atoms. The number of carbonyl (C=O) groups is 2. The van der Waals surface area contributed by atoms with E-state index >= 15 is 0 Å². The van der Waals surface area contributed by atoms with Crippen LogP contribution < -0.4 is 4.74 Å². The van der Waals surface area contributed by atoms with Crippen LogP contribution in [-0.2, 0) is 4.79 Å². The SMILES string of the molecule is COc1ccc(C2C(C(=O)N(C)C3CCCCC3)c3ccccc3C(=O)N2C)cc1. The first kappa shape index (κ1) is 20.5. The summed E-state index contributed by atoms with van der Waals surface area (Å²) in [7, 11) is 5.36. The maximum Gasteiger partial charge on any atom is 0.254 e. The highest BCUT2D eigenvalue weighted by molar-refractivity contribution is 6.01. The van der Waals surface area contributed by atoms with Crippen molar-refractivity contribution in [3.63, 3.8) is 0 Å². The molecule has 2 aromatic rings. The van der Waals surface area contributed by atoms with Gasteiger partial charge in [0.15, 0.2) is 0 Å². The molecule has 1 aliphatic heterocycles. The Labute approximate surface area is 178 Å². The fraction of sp³-hybridized carbons (Fsp3) is 0.440. The summed E-state index contributed by atoms with van der Waals surface area (Å²) < 4.78 is 5.30. The van der Waals surface area contributed by atoms with Crippen LogP contribution in [0.25, 0.3) is 0 Å². The van der Waals surface area contributed by atoms with Crippen LogP contribution in [0, 0.1) is 0 Å². The summed E-state index contributed by atoms with van der Waals surface area (Å²) in [5.74, 6) is 0.376. The van der Waals surface area contributed by atoms with Crippen molar-refractivity contribution in [2.45, 2.75) is 50.1 Å². The predicted molar refractivity (Wildman–Crippen MR) is 117 cm³/mol. The van der Waals surface area contributed by atoms with Gasteiger partial charge in [-0.15, -0.1) is 0 Å². The molecule has 1 aliphatic carbocycles. The molecule has 0 radical (unpaired) electrons. The van der Waals surface area contributed by atoms with Crippen molar-refractivity contribution < 1.29 is 14.3 Å². The van der Waals surface area contributed by atoms with Crippen LogP contribution in [0.5, 0.6) is 5.75 Å². The van der Waals surface area contributed by atoms with E-state index in [1.54, 1.807) is 19.1 Å². The van der Waals surface area contributed by atoms with E-state index in [0.29, 0.717) is 5.56 Å². The van der Waals surface area contributed by atoms with Gasteiger partial charge in [0, 0.05) is 25.7 Å². The third-order valence-corrected chi connectivity index (χ3v) is 6.77. The standard InChI is InChI=1S/C25H30N2O3/c1-26(18-9-5-4-6-10-18)25(29)22-20-11-7-8-12-21(20)24(28)27(2)23(22)17-13-15-19(30-3)16-14-17/h7-8,11-16,18,22-23H,4-6,9-10H2,1-3H3. The van der Waals surface area contributed by atoms with Crippen LogP contribution in [0.3, 0.4) is 0 Å². The van der Waals surface area contributed by atoms with E-state index in [9.17, 15) is 9.59 Å². The van der Waals surface area contributed by atoms with E-state index in [1.165, 1.54) is 19.3 Å². The van der Waals surface area contributed by atoms with Crippen LogP contribution in [0.4, 0.5) is 0 Å². The number of likely N-dealkylation sites (N-methyl/N-ethyl adjacent to an activating group) is 2. The first-order valence-corrected chi connectivity index (χ1v) is 10.8. The molecule has 4 rings (SSSR count). The summed E-state index contributed by atoms with van der Waals surface area (Å²) in [6.07, 6.45) is 5.70. The second-order valence-corrected chi connectivity index (χ2v) is 8.44. The third-order valence-electron chi connectivity index (χ3n) is 6.77. The molecule has 2 unspecified atom stereocenters. The Balaban J connectivity index is 1.77. The maximum atomic E-state index is 13.9. The van der Waals surface area contributed by atoms with Crippen LogP contribution in [-0.4, -0.2) is 48.9 Å². The summed E-state index contributed by atoms with van der Waals surface area (Å²) in [4.78, 5) is 30.7. The molecular formula is C25H30N2O3. The minimum atomic E-state index is -0.427. The molecule has 2 aliphatic rings. The van der Waals surface area contributed by atoms with Gasteiger partial charge in [0.25, 0.3) is 5.91 Å². The molecule has 5 heteroatoms. The zero-order valence-electron chi connectivity index (χ0n) is 18.0. The second kappa shape index (κ2) is 8.50. The predicted octanol–water partition coefficient (Wildman–Crippen LogP) is 4.40. The molecule has 158 valence electrons. The molecule has 0 bridgehead atoms. The zero-order chi connectivity index (χ0) is 21.3. The highest BCUT2D eigenvalue weighted by atomic mass is 16.5. The highest BCUT2D eigenvalue weighted by Crippen LogP contribution is 2.43. The number of ether oxygens (including phenoxy) is 1. The quantitative estimate of drug-likeness (QED) is 0.756. The topological polar surface area (TPSA) is 49.9 Å². The molecule has 2 amide bonds. The van der Waals surface area contributed by atoms with E-state index in [4.69, 9.17) is 4.74 Å². The van der Waals surface area contributed by atoms with E-state index in [2.05, 4.69) is 0 Å². The van der Waals surface area contributed by atoms with E-state index in [0.717, 1.165) is 29.7 Å². The normalized spacial score (nSPS) is 21.8. The molecule has 0 saturated heterocycles. The minimum Gasteiger partial charge on any atom is -0.497 e. The smallest absolute Gasteiger partial charge is 0.254 e. The number of hydrogen-bond donors (Lipinski definition) is 0. The number of hydrogen-bond acceptors (Lipinski definition) is 3.